The number of phenols is 1. The van der Waals surface area contributed by atoms with Crippen molar-refractivity contribution in [2.45, 2.75) is 19.3 Å². The Morgan fingerprint density at radius 1 is 1.40 bits per heavy atom. The molecule has 0 bridgehead atoms. The Balaban J connectivity index is 1.93. The van der Waals surface area contributed by atoms with Crippen LogP contribution in [0.2, 0.25) is 0 Å². The van der Waals surface area contributed by atoms with Crippen LogP contribution in [0.3, 0.4) is 0 Å². The van der Waals surface area contributed by atoms with Crippen LogP contribution in [0.1, 0.15) is 23.7 Å². The van der Waals surface area contributed by atoms with Crippen molar-refractivity contribution in [3.63, 3.8) is 0 Å². The van der Waals surface area contributed by atoms with Crippen molar-refractivity contribution >= 4 is 9.84 Å². The predicted molar refractivity (Wildman–Crippen MR) is 72.1 cm³/mol. The highest BCUT2D eigenvalue weighted by atomic mass is 32.2. The van der Waals surface area contributed by atoms with Crippen LogP contribution >= 0.6 is 0 Å². The molecule has 2 heterocycles. The van der Waals surface area contributed by atoms with Gasteiger partial charge < -0.3 is 9.63 Å². The van der Waals surface area contributed by atoms with E-state index in [-0.39, 0.29) is 23.2 Å². The largest absolute Gasteiger partial charge is 0.508 e. The predicted octanol–water partition coefficient (Wildman–Crippen LogP) is 1.65. The molecule has 3 rings (SSSR count). The standard InChI is InChI=1S/C13H14N2O4S/c1-8-10(3-2-4-11(8)16)13-14-12(15-19-13)9-5-6-20(17,18)7-9/h2-4,9,16H,5-7H2,1H3. The summed E-state index contributed by atoms with van der Waals surface area (Å²) in [6.07, 6.45) is 0.528. The lowest BCUT2D eigenvalue weighted by atomic mass is 10.1. The van der Waals surface area contributed by atoms with Crippen molar-refractivity contribution in [1.82, 2.24) is 10.1 Å². The molecule has 0 spiro atoms. The Labute approximate surface area is 116 Å². The van der Waals surface area contributed by atoms with Gasteiger partial charge in [-0.05, 0) is 25.5 Å². The van der Waals surface area contributed by atoms with Gasteiger partial charge in [0.2, 0.25) is 0 Å². The number of phenolic OH excluding ortho intramolecular Hbond substituents is 1. The number of sulfone groups is 1. The molecule has 20 heavy (non-hydrogen) atoms. The molecule has 1 fully saturated rings. The lowest BCUT2D eigenvalue weighted by Crippen LogP contribution is -2.05. The minimum Gasteiger partial charge on any atom is -0.508 e. The van der Waals surface area contributed by atoms with E-state index in [1.165, 1.54) is 0 Å². The molecule has 0 saturated carbocycles. The summed E-state index contributed by atoms with van der Waals surface area (Å²) < 4.78 is 28.1. The van der Waals surface area contributed by atoms with Gasteiger partial charge in [0.1, 0.15) is 5.75 Å². The van der Waals surface area contributed by atoms with Gasteiger partial charge in [0, 0.05) is 17.0 Å². The van der Waals surface area contributed by atoms with E-state index < -0.39 is 9.84 Å². The summed E-state index contributed by atoms with van der Waals surface area (Å²) >= 11 is 0. The number of rotatable bonds is 2. The molecule has 1 aliphatic rings. The zero-order valence-electron chi connectivity index (χ0n) is 10.9. The molecule has 1 aromatic heterocycles. The second-order valence-corrected chi connectivity index (χ2v) is 7.24. The molecule has 1 unspecified atom stereocenters. The van der Waals surface area contributed by atoms with E-state index in [0.717, 1.165) is 0 Å². The molecular formula is C13H14N2O4S. The molecule has 1 saturated heterocycles. The molecule has 1 aromatic carbocycles. The fourth-order valence-electron chi connectivity index (χ4n) is 2.36. The third-order valence-electron chi connectivity index (χ3n) is 3.57. The summed E-state index contributed by atoms with van der Waals surface area (Å²) in [5, 5.41) is 13.6. The van der Waals surface area contributed by atoms with E-state index in [4.69, 9.17) is 4.52 Å². The molecule has 106 valence electrons. The highest BCUT2D eigenvalue weighted by molar-refractivity contribution is 7.91. The van der Waals surface area contributed by atoms with Crippen molar-refractivity contribution in [3.05, 3.63) is 29.6 Å². The second kappa shape index (κ2) is 4.59. The van der Waals surface area contributed by atoms with E-state index >= 15 is 0 Å². The lowest BCUT2D eigenvalue weighted by molar-refractivity contribution is 0.417. The number of aromatic hydroxyl groups is 1. The smallest absolute Gasteiger partial charge is 0.258 e. The second-order valence-electron chi connectivity index (χ2n) is 5.01. The van der Waals surface area contributed by atoms with E-state index in [1.54, 1.807) is 25.1 Å². The fraction of sp³-hybridized carbons (Fsp3) is 0.385. The minimum absolute atomic E-state index is 0.0744. The Morgan fingerprint density at radius 3 is 2.90 bits per heavy atom. The van der Waals surface area contributed by atoms with E-state index in [1.807, 2.05) is 0 Å². The Hall–Kier alpha value is -1.89. The van der Waals surface area contributed by atoms with Crippen molar-refractivity contribution in [2.75, 3.05) is 11.5 Å². The maximum atomic E-state index is 11.5. The third kappa shape index (κ3) is 2.29. The number of hydrogen-bond donors (Lipinski definition) is 1. The molecular weight excluding hydrogens is 280 g/mol. The third-order valence-corrected chi connectivity index (χ3v) is 5.34. The van der Waals surface area contributed by atoms with Crippen LogP contribution in [0.5, 0.6) is 5.75 Å². The first-order chi connectivity index (χ1) is 9.46. The van der Waals surface area contributed by atoms with Crippen LogP contribution in [0.4, 0.5) is 0 Å². The molecule has 0 amide bonds. The Morgan fingerprint density at radius 2 is 2.20 bits per heavy atom. The van der Waals surface area contributed by atoms with Gasteiger partial charge in [0.05, 0.1) is 11.5 Å². The average Bonchev–Trinajstić information content (AvgIpc) is 2.99. The molecule has 2 aromatic rings. The van der Waals surface area contributed by atoms with Crippen LogP contribution in [0, 0.1) is 6.92 Å². The maximum Gasteiger partial charge on any atom is 0.258 e. The minimum atomic E-state index is -2.98. The first-order valence-electron chi connectivity index (χ1n) is 6.29. The molecule has 6 nitrogen and oxygen atoms in total. The molecule has 1 N–H and O–H groups in total. The zero-order valence-corrected chi connectivity index (χ0v) is 11.7. The highest BCUT2D eigenvalue weighted by Crippen LogP contribution is 2.31. The van der Waals surface area contributed by atoms with E-state index in [9.17, 15) is 13.5 Å². The number of nitrogens with zero attached hydrogens (tertiary/aromatic N) is 2. The van der Waals surface area contributed by atoms with Crippen molar-refractivity contribution < 1.29 is 18.0 Å². The van der Waals surface area contributed by atoms with Crippen LogP contribution in [-0.4, -0.2) is 35.2 Å². The van der Waals surface area contributed by atoms with Gasteiger partial charge in [-0.15, -0.1) is 0 Å². The summed E-state index contributed by atoms with van der Waals surface area (Å²) in [4.78, 5) is 4.28. The number of hydrogen-bond acceptors (Lipinski definition) is 6. The first-order valence-corrected chi connectivity index (χ1v) is 8.11. The molecule has 1 aliphatic heterocycles. The highest BCUT2D eigenvalue weighted by Gasteiger charge is 2.32. The SMILES string of the molecule is Cc1c(O)cccc1-c1nc(C2CCS(=O)(=O)C2)no1. The molecule has 1 atom stereocenters. The average molecular weight is 294 g/mol. The van der Waals surface area contributed by atoms with E-state index in [2.05, 4.69) is 10.1 Å². The quantitative estimate of drug-likeness (QED) is 0.905. The van der Waals surface area contributed by atoms with Crippen LogP contribution < -0.4 is 0 Å². The maximum absolute atomic E-state index is 11.5. The summed E-state index contributed by atoms with van der Waals surface area (Å²) in [6.45, 7) is 1.76. The first kappa shape index (κ1) is 13.1. The molecule has 0 radical (unpaired) electrons. The van der Waals surface area contributed by atoms with Gasteiger partial charge in [-0.3, -0.25) is 0 Å². The van der Waals surface area contributed by atoms with Crippen molar-refractivity contribution in [2.24, 2.45) is 0 Å². The zero-order chi connectivity index (χ0) is 14.3. The normalized spacial score (nSPS) is 21.1. The number of aromatic nitrogens is 2. The van der Waals surface area contributed by atoms with Gasteiger partial charge in [0.25, 0.3) is 5.89 Å². The summed E-state index contributed by atoms with van der Waals surface area (Å²) in [5.41, 5.74) is 1.31. The monoisotopic (exact) mass is 294 g/mol. The van der Waals surface area contributed by atoms with E-state index in [0.29, 0.717) is 29.3 Å². The molecule has 7 heteroatoms. The lowest BCUT2D eigenvalue weighted by Gasteiger charge is -2.02. The van der Waals surface area contributed by atoms with Crippen LogP contribution in [0.15, 0.2) is 22.7 Å². The summed E-state index contributed by atoms with van der Waals surface area (Å²) in [7, 11) is -2.98. The van der Waals surface area contributed by atoms with Gasteiger partial charge in [-0.2, -0.15) is 4.98 Å². The van der Waals surface area contributed by atoms with Gasteiger partial charge in [-0.1, -0.05) is 11.2 Å². The summed E-state index contributed by atoms with van der Waals surface area (Å²) in [5.74, 6) is 0.930. The van der Waals surface area contributed by atoms with Crippen molar-refractivity contribution in [3.8, 4) is 17.2 Å². The van der Waals surface area contributed by atoms with Crippen LogP contribution in [0.25, 0.3) is 11.5 Å². The molecule has 0 aliphatic carbocycles. The fourth-order valence-corrected chi connectivity index (χ4v) is 4.10. The Bertz CT molecular complexity index is 751. The topological polar surface area (TPSA) is 93.3 Å². The van der Waals surface area contributed by atoms with Crippen LogP contribution in [-0.2, 0) is 9.84 Å². The Kier molecular flexibility index (Phi) is 3.01. The van der Waals surface area contributed by atoms with Gasteiger partial charge in [0.15, 0.2) is 15.7 Å². The van der Waals surface area contributed by atoms with Gasteiger partial charge in [-0.25, -0.2) is 8.42 Å². The van der Waals surface area contributed by atoms with Gasteiger partial charge >= 0.3 is 0 Å². The summed E-state index contributed by atoms with van der Waals surface area (Å²) in [6, 6.07) is 5.05. The number of benzene rings is 1. The van der Waals surface area contributed by atoms with Crippen molar-refractivity contribution in [1.29, 1.82) is 0 Å².